The summed E-state index contributed by atoms with van der Waals surface area (Å²) in [5, 5.41) is 7.57. The van der Waals surface area contributed by atoms with Crippen LogP contribution in [0.5, 0.6) is 0 Å². The topological polar surface area (TPSA) is 50.2 Å². The first-order valence-corrected chi connectivity index (χ1v) is 8.06. The van der Waals surface area contributed by atoms with Gasteiger partial charge in [0.25, 0.3) is 5.56 Å². The molecule has 0 unspecified atom stereocenters. The molecule has 0 aliphatic rings. The SMILES string of the molecule is CC(C)Cn1ncc(NCC(C)(C)CN(C)C)c(Br)c1=O. The summed E-state index contributed by atoms with van der Waals surface area (Å²) in [6.07, 6.45) is 1.72. The molecular weight excluding hydrogens is 332 g/mol. The summed E-state index contributed by atoms with van der Waals surface area (Å²) in [5.41, 5.74) is 0.779. The van der Waals surface area contributed by atoms with Crippen LogP contribution >= 0.6 is 15.9 Å². The highest BCUT2D eigenvalue weighted by molar-refractivity contribution is 9.10. The maximum atomic E-state index is 12.2. The van der Waals surface area contributed by atoms with Crippen LogP contribution in [0, 0.1) is 11.3 Å². The second kappa shape index (κ2) is 7.40. The lowest BCUT2D eigenvalue weighted by Gasteiger charge is -2.29. The van der Waals surface area contributed by atoms with Gasteiger partial charge in [-0.1, -0.05) is 27.7 Å². The minimum atomic E-state index is -0.0842. The van der Waals surface area contributed by atoms with Gasteiger partial charge in [-0.15, -0.1) is 0 Å². The zero-order valence-corrected chi connectivity index (χ0v) is 15.5. The number of aromatic nitrogens is 2. The van der Waals surface area contributed by atoms with Crippen LogP contribution in [0.15, 0.2) is 15.5 Å². The zero-order valence-electron chi connectivity index (χ0n) is 13.9. The van der Waals surface area contributed by atoms with Gasteiger partial charge in [0.2, 0.25) is 0 Å². The van der Waals surface area contributed by atoms with Crippen LogP contribution in [0.3, 0.4) is 0 Å². The minimum absolute atomic E-state index is 0.0842. The monoisotopic (exact) mass is 358 g/mol. The van der Waals surface area contributed by atoms with Crippen molar-refractivity contribution < 1.29 is 0 Å². The molecule has 21 heavy (non-hydrogen) atoms. The van der Waals surface area contributed by atoms with E-state index in [2.05, 4.69) is 73.0 Å². The van der Waals surface area contributed by atoms with Crippen molar-refractivity contribution in [1.29, 1.82) is 0 Å². The van der Waals surface area contributed by atoms with Crippen molar-refractivity contribution in [2.75, 3.05) is 32.5 Å². The van der Waals surface area contributed by atoms with Gasteiger partial charge in [0.15, 0.2) is 0 Å². The fourth-order valence-corrected chi connectivity index (χ4v) is 2.76. The van der Waals surface area contributed by atoms with Crippen LogP contribution in [-0.4, -0.2) is 41.9 Å². The number of hydrogen-bond acceptors (Lipinski definition) is 4. The lowest BCUT2D eigenvalue weighted by Crippen LogP contribution is -2.35. The van der Waals surface area contributed by atoms with Crippen molar-refractivity contribution >= 4 is 21.6 Å². The van der Waals surface area contributed by atoms with Gasteiger partial charge >= 0.3 is 0 Å². The van der Waals surface area contributed by atoms with Gasteiger partial charge in [-0.2, -0.15) is 5.10 Å². The first-order valence-electron chi connectivity index (χ1n) is 7.26. The molecule has 6 heteroatoms. The molecule has 1 heterocycles. The summed E-state index contributed by atoms with van der Waals surface area (Å²) in [6.45, 7) is 10.9. The fourth-order valence-electron chi connectivity index (χ4n) is 2.31. The molecule has 0 aliphatic heterocycles. The largest absolute Gasteiger partial charge is 0.382 e. The van der Waals surface area contributed by atoms with Crippen LogP contribution in [-0.2, 0) is 6.54 Å². The van der Waals surface area contributed by atoms with E-state index in [4.69, 9.17) is 0 Å². The zero-order chi connectivity index (χ0) is 16.2. The summed E-state index contributed by atoms with van der Waals surface area (Å²) in [5.74, 6) is 0.389. The molecule has 0 saturated carbocycles. The van der Waals surface area contributed by atoms with E-state index in [0.29, 0.717) is 16.9 Å². The van der Waals surface area contributed by atoms with Crippen LogP contribution < -0.4 is 10.9 Å². The maximum Gasteiger partial charge on any atom is 0.283 e. The first-order chi connectivity index (χ1) is 9.62. The Morgan fingerprint density at radius 1 is 1.43 bits per heavy atom. The van der Waals surface area contributed by atoms with E-state index in [-0.39, 0.29) is 11.0 Å². The number of nitrogens with one attached hydrogen (secondary N) is 1. The molecule has 5 nitrogen and oxygen atoms in total. The van der Waals surface area contributed by atoms with E-state index in [1.807, 2.05) is 0 Å². The van der Waals surface area contributed by atoms with Gasteiger partial charge in [0.1, 0.15) is 4.47 Å². The highest BCUT2D eigenvalue weighted by atomic mass is 79.9. The number of anilines is 1. The molecule has 0 bridgehead atoms. The molecule has 0 saturated heterocycles. The van der Waals surface area contributed by atoms with E-state index in [0.717, 1.165) is 18.8 Å². The van der Waals surface area contributed by atoms with E-state index in [1.54, 1.807) is 6.20 Å². The summed E-state index contributed by atoms with van der Waals surface area (Å²) in [6, 6.07) is 0. The average Bonchev–Trinajstić information content (AvgIpc) is 2.32. The smallest absolute Gasteiger partial charge is 0.283 e. The Hall–Kier alpha value is -0.880. The minimum Gasteiger partial charge on any atom is -0.382 e. The third kappa shape index (κ3) is 5.79. The quantitative estimate of drug-likeness (QED) is 0.813. The normalized spacial score (nSPS) is 12.2. The van der Waals surface area contributed by atoms with Crippen LogP contribution in [0.1, 0.15) is 27.7 Å². The van der Waals surface area contributed by atoms with Gasteiger partial charge < -0.3 is 10.2 Å². The standard InChI is InChI=1S/C15H27BrN4O/c1-11(2)8-20-14(21)13(16)12(7-18-20)17-9-15(3,4)10-19(5)6/h7,11,17H,8-10H2,1-6H3. The third-order valence-electron chi connectivity index (χ3n) is 3.02. The highest BCUT2D eigenvalue weighted by Crippen LogP contribution is 2.21. The number of rotatable bonds is 7. The second-order valence-electron chi connectivity index (χ2n) is 7.01. The molecule has 1 aromatic rings. The molecule has 1 rings (SSSR count). The van der Waals surface area contributed by atoms with Crippen molar-refractivity contribution in [3.63, 3.8) is 0 Å². The summed E-state index contributed by atoms with van der Waals surface area (Å²) < 4.78 is 2.06. The molecule has 0 fully saturated rings. The van der Waals surface area contributed by atoms with E-state index >= 15 is 0 Å². The van der Waals surface area contributed by atoms with Gasteiger partial charge in [0.05, 0.1) is 11.9 Å². The lowest BCUT2D eigenvalue weighted by atomic mass is 9.93. The van der Waals surface area contributed by atoms with Crippen molar-refractivity contribution in [3.05, 3.63) is 21.0 Å². The highest BCUT2D eigenvalue weighted by Gasteiger charge is 2.19. The fraction of sp³-hybridized carbons (Fsp3) is 0.733. The summed E-state index contributed by atoms with van der Waals surface area (Å²) >= 11 is 3.39. The molecule has 0 atom stereocenters. The van der Waals surface area contributed by atoms with Gasteiger partial charge in [-0.3, -0.25) is 4.79 Å². The van der Waals surface area contributed by atoms with Gasteiger partial charge in [-0.05, 0) is 41.4 Å². The molecule has 0 amide bonds. The molecule has 0 aliphatic carbocycles. The Balaban J connectivity index is 2.82. The number of nitrogens with zero attached hydrogens (tertiary/aromatic N) is 3. The molecule has 1 aromatic heterocycles. The lowest BCUT2D eigenvalue weighted by molar-refractivity contribution is 0.254. The van der Waals surface area contributed by atoms with Gasteiger partial charge in [-0.25, -0.2) is 4.68 Å². The maximum absolute atomic E-state index is 12.2. The van der Waals surface area contributed by atoms with Crippen molar-refractivity contribution in [2.45, 2.75) is 34.2 Å². The predicted molar refractivity (Wildman–Crippen MR) is 91.9 cm³/mol. The molecule has 0 aromatic carbocycles. The summed E-state index contributed by atoms with van der Waals surface area (Å²) in [4.78, 5) is 14.4. The van der Waals surface area contributed by atoms with Crippen LogP contribution in [0.4, 0.5) is 5.69 Å². The molecule has 0 radical (unpaired) electrons. The Labute approximate surface area is 135 Å². The van der Waals surface area contributed by atoms with Crippen molar-refractivity contribution in [1.82, 2.24) is 14.7 Å². The Morgan fingerprint density at radius 3 is 2.57 bits per heavy atom. The third-order valence-corrected chi connectivity index (χ3v) is 3.79. The van der Waals surface area contributed by atoms with E-state index in [9.17, 15) is 4.79 Å². The van der Waals surface area contributed by atoms with Gasteiger partial charge in [0, 0.05) is 19.6 Å². The van der Waals surface area contributed by atoms with Crippen molar-refractivity contribution in [2.24, 2.45) is 11.3 Å². The van der Waals surface area contributed by atoms with Crippen LogP contribution in [0.2, 0.25) is 0 Å². The van der Waals surface area contributed by atoms with Crippen molar-refractivity contribution in [3.8, 4) is 0 Å². The van der Waals surface area contributed by atoms with E-state index < -0.39 is 0 Å². The Bertz CT molecular complexity index is 523. The predicted octanol–water partition coefficient (Wildman–Crippen LogP) is 2.66. The molecule has 0 spiro atoms. The van der Waals surface area contributed by atoms with E-state index in [1.165, 1.54) is 4.68 Å². The first kappa shape index (κ1) is 18.2. The number of halogens is 1. The molecule has 120 valence electrons. The summed E-state index contributed by atoms with van der Waals surface area (Å²) in [7, 11) is 4.12. The number of hydrogen-bond donors (Lipinski definition) is 1. The Morgan fingerprint density at radius 2 is 2.05 bits per heavy atom. The molecular formula is C15H27BrN4O. The Kier molecular flexibility index (Phi) is 6.41. The van der Waals surface area contributed by atoms with Crippen LogP contribution in [0.25, 0.3) is 0 Å². The average molecular weight is 359 g/mol. The molecule has 1 N–H and O–H groups in total. The second-order valence-corrected chi connectivity index (χ2v) is 7.80.